The lowest BCUT2D eigenvalue weighted by Crippen LogP contribution is -2.15. The molecule has 0 bridgehead atoms. The molecule has 4 nitrogen and oxygen atoms in total. The number of hydrogen-bond donors (Lipinski definition) is 1. The van der Waals surface area contributed by atoms with Crippen LogP contribution in [0.15, 0.2) is 59.2 Å². The quantitative estimate of drug-likeness (QED) is 0.694. The number of aromatic nitrogens is 1. The van der Waals surface area contributed by atoms with Gasteiger partial charge in [0.15, 0.2) is 0 Å². The van der Waals surface area contributed by atoms with Gasteiger partial charge in [-0.1, -0.05) is 30.3 Å². The van der Waals surface area contributed by atoms with Gasteiger partial charge in [0.25, 0.3) is 5.91 Å². The van der Waals surface area contributed by atoms with E-state index < -0.39 is 23.5 Å². The van der Waals surface area contributed by atoms with Crippen LogP contribution in [0.2, 0.25) is 0 Å². The van der Waals surface area contributed by atoms with E-state index in [0.717, 1.165) is 11.6 Å². The van der Waals surface area contributed by atoms with Crippen LogP contribution in [0, 0.1) is 5.82 Å². The minimum absolute atomic E-state index is 0.179. The lowest BCUT2D eigenvalue weighted by molar-refractivity contribution is -0.140. The predicted molar refractivity (Wildman–Crippen MR) is 81.3 cm³/mol. The Hall–Kier alpha value is -3.16. The lowest BCUT2D eigenvalue weighted by atomic mass is 10.1. The molecule has 25 heavy (non-hydrogen) atoms. The number of nitrogens with one attached hydrogen (secondary N) is 1. The summed E-state index contributed by atoms with van der Waals surface area (Å²) in [5.41, 5.74) is -0.690. The Morgan fingerprint density at radius 2 is 1.80 bits per heavy atom. The summed E-state index contributed by atoms with van der Waals surface area (Å²) in [5.74, 6) is -2.35. The molecular formula is C17H10F4N2O2. The normalized spacial score (nSPS) is 11.4. The molecule has 3 rings (SSSR count). The third-order valence-corrected chi connectivity index (χ3v) is 3.33. The Morgan fingerprint density at radius 1 is 1.08 bits per heavy atom. The van der Waals surface area contributed by atoms with E-state index in [9.17, 15) is 22.4 Å². The van der Waals surface area contributed by atoms with Crippen LogP contribution in [0.1, 0.15) is 15.9 Å². The van der Waals surface area contributed by atoms with Crippen molar-refractivity contribution in [3.05, 3.63) is 71.7 Å². The van der Waals surface area contributed by atoms with Crippen LogP contribution >= 0.6 is 0 Å². The van der Waals surface area contributed by atoms with E-state index >= 15 is 0 Å². The van der Waals surface area contributed by atoms with Gasteiger partial charge < -0.3 is 4.42 Å². The van der Waals surface area contributed by atoms with Crippen LogP contribution in [0.4, 0.5) is 23.6 Å². The van der Waals surface area contributed by atoms with Gasteiger partial charge in [0.05, 0.1) is 5.56 Å². The number of oxazole rings is 1. The summed E-state index contributed by atoms with van der Waals surface area (Å²) in [6.45, 7) is 0. The average Bonchev–Trinajstić information content (AvgIpc) is 3.03. The van der Waals surface area contributed by atoms with E-state index in [1.165, 1.54) is 6.26 Å². The standard InChI is InChI=1S/C17H10F4N2O2/c18-13-7-6-11(8-12(13)17(19,20)21)15(24)23-16-22-14(9-25-16)10-4-2-1-3-5-10/h1-9H,(H,22,23,24). The highest BCUT2D eigenvalue weighted by molar-refractivity contribution is 6.03. The molecule has 0 spiro atoms. The molecule has 1 N–H and O–H groups in total. The van der Waals surface area contributed by atoms with Crippen molar-refractivity contribution >= 4 is 11.9 Å². The molecule has 0 aliphatic carbocycles. The first-order chi connectivity index (χ1) is 11.8. The zero-order valence-electron chi connectivity index (χ0n) is 12.5. The predicted octanol–water partition coefficient (Wildman–Crippen LogP) is 4.75. The van der Waals surface area contributed by atoms with Crippen molar-refractivity contribution in [1.82, 2.24) is 4.98 Å². The first kappa shape index (κ1) is 16.7. The largest absolute Gasteiger partial charge is 0.431 e. The number of benzene rings is 2. The smallest absolute Gasteiger partial charge is 0.419 e. The first-order valence-electron chi connectivity index (χ1n) is 7.03. The highest BCUT2D eigenvalue weighted by Crippen LogP contribution is 2.32. The third-order valence-electron chi connectivity index (χ3n) is 3.33. The van der Waals surface area contributed by atoms with Gasteiger partial charge in [-0.15, -0.1) is 0 Å². The Balaban J connectivity index is 1.81. The Morgan fingerprint density at radius 3 is 2.48 bits per heavy atom. The summed E-state index contributed by atoms with van der Waals surface area (Å²) in [6.07, 6.45) is -3.60. The molecule has 2 aromatic carbocycles. The molecule has 0 saturated carbocycles. The van der Waals surface area contributed by atoms with Crippen molar-refractivity contribution < 1.29 is 26.8 Å². The minimum Gasteiger partial charge on any atom is -0.431 e. The maximum absolute atomic E-state index is 13.3. The molecule has 1 heterocycles. The molecule has 1 aromatic heterocycles. The topological polar surface area (TPSA) is 55.1 Å². The van der Waals surface area contributed by atoms with Crippen molar-refractivity contribution in [3.8, 4) is 11.3 Å². The van der Waals surface area contributed by atoms with Gasteiger partial charge in [-0.05, 0) is 18.2 Å². The van der Waals surface area contributed by atoms with Crippen LogP contribution in [-0.4, -0.2) is 10.9 Å². The average molecular weight is 350 g/mol. The van der Waals surface area contributed by atoms with Crippen LogP contribution in [0.3, 0.4) is 0 Å². The van der Waals surface area contributed by atoms with Crippen molar-refractivity contribution in [3.63, 3.8) is 0 Å². The van der Waals surface area contributed by atoms with E-state index in [4.69, 9.17) is 4.42 Å². The fraction of sp³-hybridized carbons (Fsp3) is 0.0588. The number of nitrogens with zero attached hydrogens (tertiary/aromatic N) is 1. The highest BCUT2D eigenvalue weighted by atomic mass is 19.4. The summed E-state index contributed by atoms with van der Waals surface area (Å²) in [5, 5.41) is 2.24. The van der Waals surface area contributed by atoms with E-state index in [1.807, 2.05) is 6.07 Å². The van der Waals surface area contributed by atoms with Gasteiger partial charge in [0.2, 0.25) is 0 Å². The minimum atomic E-state index is -4.90. The van der Waals surface area contributed by atoms with Crippen molar-refractivity contribution in [2.45, 2.75) is 6.18 Å². The molecule has 128 valence electrons. The maximum atomic E-state index is 13.3. The van der Waals surface area contributed by atoms with E-state index in [0.29, 0.717) is 17.8 Å². The summed E-state index contributed by atoms with van der Waals surface area (Å²) >= 11 is 0. The van der Waals surface area contributed by atoms with E-state index in [1.54, 1.807) is 24.3 Å². The first-order valence-corrected chi connectivity index (χ1v) is 7.03. The monoisotopic (exact) mass is 350 g/mol. The second-order valence-corrected chi connectivity index (χ2v) is 5.05. The maximum Gasteiger partial charge on any atom is 0.419 e. The number of carbonyl (C=O) groups is 1. The number of amides is 1. The molecule has 0 saturated heterocycles. The number of rotatable bonds is 3. The molecule has 0 radical (unpaired) electrons. The number of hydrogen-bond acceptors (Lipinski definition) is 3. The summed E-state index contributed by atoms with van der Waals surface area (Å²) in [4.78, 5) is 16.1. The SMILES string of the molecule is O=C(Nc1nc(-c2ccccc2)co1)c1ccc(F)c(C(F)(F)F)c1. The van der Waals surface area contributed by atoms with E-state index in [2.05, 4.69) is 10.3 Å². The van der Waals surface area contributed by atoms with Gasteiger partial charge in [0.1, 0.15) is 17.8 Å². The summed E-state index contributed by atoms with van der Waals surface area (Å²) in [6, 6.07) is 10.7. The summed E-state index contributed by atoms with van der Waals surface area (Å²) in [7, 11) is 0. The second kappa shape index (κ2) is 6.39. The Bertz CT molecular complexity index is 905. The Labute approximate surface area is 139 Å². The highest BCUT2D eigenvalue weighted by Gasteiger charge is 2.34. The second-order valence-electron chi connectivity index (χ2n) is 5.05. The number of alkyl halides is 3. The number of carbonyl (C=O) groups excluding carboxylic acids is 1. The van der Waals surface area contributed by atoms with Crippen molar-refractivity contribution in [1.29, 1.82) is 0 Å². The zero-order valence-corrected chi connectivity index (χ0v) is 12.5. The molecule has 0 aliphatic heterocycles. The van der Waals surface area contributed by atoms with Gasteiger partial charge in [-0.3, -0.25) is 10.1 Å². The van der Waals surface area contributed by atoms with Crippen molar-refractivity contribution in [2.75, 3.05) is 5.32 Å². The Kier molecular flexibility index (Phi) is 4.26. The fourth-order valence-electron chi connectivity index (χ4n) is 2.13. The van der Waals surface area contributed by atoms with Gasteiger partial charge >= 0.3 is 12.2 Å². The zero-order chi connectivity index (χ0) is 18.0. The molecule has 0 aliphatic rings. The van der Waals surface area contributed by atoms with Crippen molar-refractivity contribution in [2.24, 2.45) is 0 Å². The molecular weight excluding hydrogens is 340 g/mol. The van der Waals surface area contributed by atoms with Crippen LogP contribution in [-0.2, 0) is 6.18 Å². The van der Waals surface area contributed by atoms with E-state index in [-0.39, 0.29) is 11.6 Å². The summed E-state index contributed by atoms with van der Waals surface area (Å²) < 4.78 is 56.5. The third kappa shape index (κ3) is 3.68. The van der Waals surface area contributed by atoms with Crippen LogP contribution in [0.25, 0.3) is 11.3 Å². The van der Waals surface area contributed by atoms with Crippen LogP contribution < -0.4 is 5.32 Å². The number of halogens is 4. The molecule has 8 heteroatoms. The fourth-order valence-corrected chi connectivity index (χ4v) is 2.13. The van der Waals surface area contributed by atoms with Crippen LogP contribution in [0.5, 0.6) is 0 Å². The molecule has 0 fully saturated rings. The van der Waals surface area contributed by atoms with Gasteiger partial charge in [-0.2, -0.15) is 18.2 Å². The lowest BCUT2D eigenvalue weighted by Gasteiger charge is -2.09. The van der Waals surface area contributed by atoms with Gasteiger partial charge in [0, 0.05) is 11.1 Å². The van der Waals surface area contributed by atoms with Gasteiger partial charge in [-0.25, -0.2) is 4.39 Å². The molecule has 0 atom stereocenters. The molecule has 1 amide bonds. The number of anilines is 1. The molecule has 0 unspecified atom stereocenters. The molecule has 3 aromatic rings.